The van der Waals surface area contributed by atoms with Gasteiger partial charge in [-0.1, -0.05) is 18.2 Å². The average Bonchev–Trinajstić information content (AvgIpc) is 2.34. The minimum atomic E-state index is -0.00471. The van der Waals surface area contributed by atoms with E-state index < -0.39 is 0 Å². The Balaban J connectivity index is 2.47. The van der Waals surface area contributed by atoms with Crippen LogP contribution in [0, 0.1) is 0 Å². The largest absolute Gasteiger partial charge is 0.395 e. The smallest absolute Gasteiger partial charge is 0.242 e. The summed E-state index contributed by atoms with van der Waals surface area (Å²) in [6, 6.07) is 9.70. The molecule has 2 N–H and O–H groups in total. The van der Waals surface area contributed by atoms with E-state index in [9.17, 15) is 4.79 Å². The Hall–Kier alpha value is -1.55. The lowest BCUT2D eigenvalue weighted by atomic mass is 10.3. The molecule has 1 aromatic rings. The van der Waals surface area contributed by atoms with E-state index in [0.717, 1.165) is 5.69 Å². The van der Waals surface area contributed by atoms with Gasteiger partial charge in [-0.05, 0) is 26.0 Å². The summed E-state index contributed by atoms with van der Waals surface area (Å²) in [4.78, 5) is 13.6. The molecule has 94 valence electrons. The van der Waals surface area contributed by atoms with Gasteiger partial charge < -0.3 is 15.3 Å². The van der Waals surface area contributed by atoms with Crippen LogP contribution in [0.4, 0.5) is 5.69 Å². The second kappa shape index (κ2) is 6.91. The average molecular weight is 236 g/mol. The molecule has 0 fully saturated rings. The summed E-state index contributed by atoms with van der Waals surface area (Å²) in [5.74, 6) is -0.00194. The molecular formula is C13H20N2O2. The zero-order valence-corrected chi connectivity index (χ0v) is 10.4. The molecule has 0 aliphatic carbocycles. The summed E-state index contributed by atoms with van der Waals surface area (Å²) >= 11 is 0. The molecule has 0 spiro atoms. The number of amides is 1. The highest BCUT2D eigenvalue weighted by Crippen LogP contribution is 2.05. The van der Waals surface area contributed by atoms with Gasteiger partial charge in [-0.2, -0.15) is 0 Å². The van der Waals surface area contributed by atoms with E-state index in [1.54, 1.807) is 4.90 Å². The van der Waals surface area contributed by atoms with Crippen molar-refractivity contribution in [3.05, 3.63) is 30.3 Å². The third kappa shape index (κ3) is 4.44. The molecule has 0 radical (unpaired) electrons. The molecule has 0 aliphatic heterocycles. The topological polar surface area (TPSA) is 52.6 Å². The molecule has 0 unspecified atom stereocenters. The minimum Gasteiger partial charge on any atom is -0.395 e. The predicted molar refractivity (Wildman–Crippen MR) is 68.9 cm³/mol. The maximum absolute atomic E-state index is 11.9. The predicted octanol–water partition coefficient (Wildman–Crippen LogP) is 1.33. The van der Waals surface area contributed by atoms with E-state index in [-0.39, 0.29) is 25.1 Å². The molecule has 0 saturated heterocycles. The molecule has 0 aliphatic rings. The fraction of sp³-hybridized carbons (Fsp3) is 0.462. The van der Waals surface area contributed by atoms with Gasteiger partial charge >= 0.3 is 0 Å². The lowest BCUT2D eigenvalue weighted by Gasteiger charge is -2.26. The monoisotopic (exact) mass is 236 g/mol. The van der Waals surface area contributed by atoms with Gasteiger partial charge in [0.2, 0.25) is 5.91 Å². The van der Waals surface area contributed by atoms with Crippen LogP contribution in [0.2, 0.25) is 0 Å². The van der Waals surface area contributed by atoms with Crippen LogP contribution in [0.15, 0.2) is 30.3 Å². The SMILES string of the molecule is CC(C)N(CCO)C(=O)CNc1ccccc1. The number of anilines is 1. The second-order valence-electron chi connectivity index (χ2n) is 4.12. The van der Waals surface area contributed by atoms with Crippen LogP contribution >= 0.6 is 0 Å². The minimum absolute atomic E-state index is 0.00194. The molecule has 4 heteroatoms. The maximum Gasteiger partial charge on any atom is 0.242 e. The van der Waals surface area contributed by atoms with Crippen LogP contribution in [0.5, 0.6) is 0 Å². The Morgan fingerprint density at radius 1 is 1.35 bits per heavy atom. The molecule has 0 saturated carbocycles. The van der Waals surface area contributed by atoms with E-state index >= 15 is 0 Å². The van der Waals surface area contributed by atoms with E-state index in [1.807, 2.05) is 44.2 Å². The van der Waals surface area contributed by atoms with Crippen molar-refractivity contribution >= 4 is 11.6 Å². The molecular weight excluding hydrogens is 216 g/mol. The normalized spacial score (nSPS) is 10.4. The lowest BCUT2D eigenvalue weighted by molar-refractivity contribution is -0.131. The molecule has 0 bridgehead atoms. The summed E-state index contributed by atoms with van der Waals surface area (Å²) < 4.78 is 0. The Labute approximate surface area is 102 Å². The van der Waals surface area contributed by atoms with Crippen molar-refractivity contribution in [3.63, 3.8) is 0 Å². The van der Waals surface area contributed by atoms with E-state index in [0.29, 0.717) is 6.54 Å². The summed E-state index contributed by atoms with van der Waals surface area (Å²) in [6.45, 7) is 4.51. The first-order valence-corrected chi connectivity index (χ1v) is 5.84. The van der Waals surface area contributed by atoms with Crippen LogP contribution in [0.3, 0.4) is 0 Å². The van der Waals surface area contributed by atoms with Crippen molar-refractivity contribution in [1.29, 1.82) is 0 Å². The summed E-state index contributed by atoms with van der Waals surface area (Å²) in [7, 11) is 0. The third-order valence-electron chi connectivity index (χ3n) is 2.50. The number of nitrogens with one attached hydrogen (secondary N) is 1. The van der Waals surface area contributed by atoms with Crippen molar-refractivity contribution in [2.24, 2.45) is 0 Å². The van der Waals surface area contributed by atoms with Crippen molar-refractivity contribution in [2.75, 3.05) is 25.0 Å². The zero-order valence-electron chi connectivity index (χ0n) is 10.4. The molecule has 0 heterocycles. The lowest BCUT2D eigenvalue weighted by Crippen LogP contribution is -2.42. The Morgan fingerprint density at radius 3 is 2.53 bits per heavy atom. The van der Waals surface area contributed by atoms with Gasteiger partial charge in [0.15, 0.2) is 0 Å². The number of nitrogens with zero attached hydrogens (tertiary/aromatic N) is 1. The zero-order chi connectivity index (χ0) is 12.7. The van der Waals surface area contributed by atoms with E-state index in [2.05, 4.69) is 5.32 Å². The Morgan fingerprint density at radius 2 is 2.00 bits per heavy atom. The van der Waals surface area contributed by atoms with Gasteiger partial charge in [0.05, 0.1) is 13.2 Å². The number of carbonyl (C=O) groups excluding carboxylic acids is 1. The number of aliphatic hydroxyl groups is 1. The van der Waals surface area contributed by atoms with Crippen LogP contribution in [0.1, 0.15) is 13.8 Å². The van der Waals surface area contributed by atoms with Crippen molar-refractivity contribution in [3.8, 4) is 0 Å². The highest BCUT2D eigenvalue weighted by Gasteiger charge is 2.15. The summed E-state index contributed by atoms with van der Waals surface area (Å²) in [6.07, 6.45) is 0. The first-order chi connectivity index (χ1) is 8.15. The first-order valence-electron chi connectivity index (χ1n) is 5.84. The molecule has 17 heavy (non-hydrogen) atoms. The maximum atomic E-state index is 11.9. The Bertz CT molecular complexity index is 339. The van der Waals surface area contributed by atoms with Crippen LogP contribution in [0.25, 0.3) is 0 Å². The summed E-state index contributed by atoms with van der Waals surface area (Å²) in [5.41, 5.74) is 0.925. The van der Waals surface area contributed by atoms with Crippen molar-refractivity contribution < 1.29 is 9.90 Å². The fourth-order valence-electron chi connectivity index (χ4n) is 1.61. The number of aliphatic hydroxyl groups excluding tert-OH is 1. The number of para-hydroxylation sites is 1. The molecule has 0 atom stereocenters. The summed E-state index contributed by atoms with van der Waals surface area (Å²) in [5, 5.41) is 12.0. The molecule has 1 amide bonds. The van der Waals surface area contributed by atoms with Gasteiger partial charge in [0, 0.05) is 18.3 Å². The van der Waals surface area contributed by atoms with E-state index in [4.69, 9.17) is 5.11 Å². The molecule has 1 rings (SSSR count). The van der Waals surface area contributed by atoms with E-state index in [1.165, 1.54) is 0 Å². The van der Waals surface area contributed by atoms with Crippen molar-refractivity contribution in [2.45, 2.75) is 19.9 Å². The molecule has 1 aromatic carbocycles. The highest BCUT2D eigenvalue weighted by molar-refractivity contribution is 5.81. The number of carbonyl (C=O) groups is 1. The van der Waals surface area contributed by atoms with Gasteiger partial charge in [-0.3, -0.25) is 4.79 Å². The quantitative estimate of drug-likeness (QED) is 0.783. The second-order valence-corrected chi connectivity index (χ2v) is 4.12. The van der Waals surface area contributed by atoms with Crippen LogP contribution in [-0.4, -0.2) is 41.7 Å². The Kier molecular flexibility index (Phi) is 5.49. The number of benzene rings is 1. The fourth-order valence-corrected chi connectivity index (χ4v) is 1.61. The number of hydrogen-bond donors (Lipinski definition) is 2. The number of hydrogen-bond acceptors (Lipinski definition) is 3. The van der Waals surface area contributed by atoms with Gasteiger partial charge in [0.1, 0.15) is 0 Å². The van der Waals surface area contributed by atoms with Crippen LogP contribution < -0.4 is 5.32 Å². The number of rotatable bonds is 6. The third-order valence-corrected chi connectivity index (χ3v) is 2.50. The first kappa shape index (κ1) is 13.5. The molecule has 4 nitrogen and oxygen atoms in total. The van der Waals surface area contributed by atoms with Gasteiger partial charge in [0.25, 0.3) is 0 Å². The standard InChI is InChI=1S/C13H20N2O2/c1-11(2)15(8-9-16)13(17)10-14-12-6-4-3-5-7-12/h3-7,11,14,16H,8-10H2,1-2H3. The van der Waals surface area contributed by atoms with Crippen LogP contribution in [-0.2, 0) is 4.79 Å². The highest BCUT2D eigenvalue weighted by atomic mass is 16.3. The molecule has 0 aromatic heterocycles. The van der Waals surface area contributed by atoms with Gasteiger partial charge in [-0.15, -0.1) is 0 Å². The van der Waals surface area contributed by atoms with Crippen molar-refractivity contribution in [1.82, 2.24) is 4.90 Å². The van der Waals surface area contributed by atoms with Gasteiger partial charge in [-0.25, -0.2) is 0 Å².